The van der Waals surface area contributed by atoms with Gasteiger partial charge in [-0.15, -0.1) is 11.3 Å². The van der Waals surface area contributed by atoms with Crippen molar-refractivity contribution in [1.29, 1.82) is 0 Å². The number of aromatic amines is 1. The summed E-state index contributed by atoms with van der Waals surface area (Å²) in [6.45, 7) is 0.386. The van der Waals surface area contributed by atoms with Crippen LogP contribution in [-0.2, 0) is 17.8 Å². The zero-order chi connectivity index (χ0) is 18.4. The monoisotopic (exact) mass is 369 g/mol. The van der Waals surface area contributed by atoms with Crippen molar-refractivity contribution in [3.05, 3.63) is 75.4 Å². The number of thiazole rings is 1. The molecule has 3 rings (SSSR count). The number of H-pyrrole nitrogens is 1. The number of carbonyl (C=O) groups is 2. The molecule has 3 heterocycles. The Morgan fingerprint density at radius 1 is 1.23 bits per heavy atom. The predicted octanol–water partition coefficient (Wildman–Crippen LogP) is 1.34. The van der Waals surface area contributed by atoms with Gasteiger partial charge in [-0.25, -0.2) is 4.98 Å². The molecule has 0 aromatic carbocycles. The molecule has 0 aliphatic rings. The minimum atomic E-state index is -0.547. The quantitative estimate of drug-likeness (QED) is 0.606. The molecule has 0 aliphatic carbocycles. The first-order valence-electron chi connectivity index (χ1n) is 7.71. The number of pyridine rings is 2. The van der Waals surface area contributed by atoms with Gasteiger partial charge in [0.25, 0.3) is 11.5 Å². The van der Waals surface area contributed by atoms with Gasteiger partial charge in [-0.2, -0.15) is 0 Å². The highest BCUT2D eigenvalue weighted by Crippen LogP contribution is 2.16. The van der Waals surface area contributed by atoms with Gasteiger partial charge in [0, 0.05) is 30.5 Å². The molecule has 132 valence electrons. The average Bonchev–Trinajstić information content (AvgIpc) is 3.08. The highest BCUT2D eigenvalue weighted by Gasteiger charge is 2.13. The Morgan fingerprint density at radius 3 is 2.88 bits per heavy atom. The maximum atomic E-state index is 12.1. The van der Waals surface area contributed by atoms with Crippen LogP contribution in [0.25, 0.3) is 0 Å². The van der Waals surface area contributed by atoms with Crippen molar-refractivity contribution in [3.63, 3.8) is 0 Å². The number of nitrogens with one attached hydrogen (secondary N) is 3. The smallest absolute Gasteiger partial charge is 0.263 e. The Balaban J connectivity index is 1.54. The summed E-state index contributed by atoms with van der Waals surface area (Å²) in [7, 11) is 0. The number of nitrogens with zero attached hydrogens (tertiary/aromatic N) is 2. The van der Waals surface area contributed by atoms with Crippen molar-refractivity contribution in [2.24, 2.45) is 0 Å². The minimum Gasteiger partial charge on any atom is -0.352 e. The van der Waals surface area contributed by atoms with Crippen molar-refractivity contribution in [1.82, 2.24) is 20.3 Å². The summed E-state index contributed by atoms with van der Waals surface area (Å²) in [5, 5.41) is 7.36. The zero-order valence-electron chi connectivity index (χ0n) is 13.6. The summed E-state index contributed by atoms with van der Waals surface area (Å²) in [5.74, 6) is -0.731. The molecule has 0 saturated heterocycles. The molecule has 3 aromatic heterocycles. The molecule has 0 spiro atoms. The van der Waals surface area contributed by atoms with Gasteiger partial charge in [0.1, 0.15) is 5.56 Å². The molecular formula is C17H15N5O3S. The van der Waals surface area contributed by atoms with Gasteiger partial charge in [-0.05, 0) is 23.8 Å². The fraction of sp³-hybridized carbons (Fsp3) is 0.118. The van der Waals surface area contributed by atoms with Crippen LogP contribution < -0.4 is 16.2 Å². The van der Waals surface area contributed by atoms with Crippen LogP contribution >= 0.6 is 11.3 Å². The molecule has 26 heavy (non-hydrogen) atoms. The molecule has 0 atom stereocenters. The first-order chi connectivity index (χ1) is 12.6. The Labute approximate surface area is 152 Å². The van der Waals surface area contributed by atoms with E-state index in [2.05, 4.69) is 25.6 Å². The van der Waals surface area contributed by atoms with Crippen molar-refractivity contribution in [2.45, 2.75) is 13.0 Å². The summed E-state index contributed by atoms with van der Waals surface area (Å²) >= 11 is 1.19. The molecule has 0 saturated carbocycles. The van der Waals surface area contributed by atoms with Crippen molar-refractivity contribution in [3.8, 4) is 0 Å². The van der Waals surface area contributed by atoms with Crippen LogP contribution in [0.4, 0.5) is 5.13 Å². The molecule has 0 bridgehead atoms. The van der Waals surface area contributed by atoms with Gasteiger partial charge in [-0.1, -0.05) is 6.07 Å². The fourth-order valence-corrected chi connectivity index (χ4v) is 2.85. The van der Waals surface area contributed by atoms with Crippen LogP contribution in [0.5, 0.6) is 0 Å². The Morgan fingerprint density at radius 2 is 2.12 bits per heavy atom. The summed E-state index contributed by atoms with van der Waals surface area (Å²) in [5.41, 5.74) is 0.964. The number of carbonyl (C=O) groups excluding carboxylic acids is 2. The second-order valence-corrected chi connectivity index (χ2v) is 6.18. The Kier molecular flexibility index (Phi) is 5.49. The number of hydrogen-bond donors (Lipinski definition) is 3. The van der Waals surface area contributed by atoms with Gasteiger partial charge >= 0.3 is 0 Å². The number of hydrogen-bond acceptors (Lipinski definition) is 6. The molecular weight excluding hydrogens is 354 g/mol. The van der Waals surface area contributed by atoms with Gasteiger partial charge < -0.3 is 10.3 Å². The SMILES string of the molecule is O=C(Cc1csc(NC(=O)c2ccc[nH]c2=O)n1)NCc1cccnc1. The average molecular weight is 369 g/mol. The summed E-state index contributed by atoms with van der Waals surface area (Å²) in [4.78, 5) is 46.3. The molecule has 0 radical (unpaired) electrons. The molecule has 3 N–H and O–H groups in total. The van der Waals surface area contributed by atoms with Crippen LogP contribution in [-0.4, -0.2) is 26.8 Å². The third kappa shape index (κ3) is 4.61. The first kappa shape index (κ1) is 17.5. The van der Waals surface area contributed by atoms with E-state index in [1.54, 1.807) is 29.9 Å². The lowest BCUT2D eigenvalue weighted by atomic mass is 10.2. The third-order valence-electron chi connectivity index (χ3n) is 3.39. The van der Waals surface area contributed by atoms with E-state index < -0.39 is 11.5 Å². The summed E-state index contributed by atoms with van der Waals surface area (Å²) in [6.07, 6.45) is 4.89. The molecule has 2 amide bonds. The number of anilines is 1. The van der Waals surface area contributed by atoms with Gasteiger partial charge in [0.05, 0.1) is 12.1 Å². The number of rotatable bonds is 6. The minimum absolute atomic E-state index is 0.00142. The van der Waals surface area contributed by atoms with Crippen LogP contribution in [0.3, 0.4) is 0 Å². The van der Waals surface area contributed by atoms with Crippen molar-refractivity contribution < 1.29 is 9.59 Å². The molecule has 8 nitrogen and oxygen atoms in total. The van der Waals surface area contributed by atoms with Crippen LogP contribution in [0.2, 0.25) is 0 Å². The second kappa shape index (κ2) is 8.17. The van der Waals surface area contributed by atoms with E-state index in [4.69, 9.17) is 0 Å². The van der Waals surface area contributed by atoms with Crippen molar-refractivity contribution in [2.75, 3.05) is 5.32 Å². The van der Waals surface area contributed by atoms with E-state index in [0.29, 0.717) is 17.4 Å². The molecule has 0 aliphatic heterocycles. The normalized spacial score (nSPS) is 10.3. The van der Waals surface area contributed by atoms with E-state index in [-0.39, 0.29) is 17.9 Å². The Hall–Kier alpha value is -3.33. The molecule has 0 fully saturated rings. The maximum Gasteiger partial charge on any atom is 0.263 e. The van der Waals surface area contributed by atoms with Gasteiger partial charge in [-0.3, -0.25) is 24.7 Å². The zero-order valence-corrected chi connectivity index (χ0v) is 14.4. The topological polar surface area (TPSA) is 117 Å². The van der Waals surface area contributed by atoms with Gasteiger partial charge in [0.2, 0.25) is 5.91 Å². The summed E-state index contributed by atoms with van der Waals surface area (Å²) in [6, 6.07) is 6.66. The lowest BCUT2D eigenvalue weighted by Crippen LogP contribution is -2.25. The Bertz CT molecular complexity index is 968. The second-order valence-electron chi connectivity index (χ2n) is 5.33. The van der Waals surface area contributed by atoms with Crippen LogP contribution in [0.15, 0.2) is 53.0 Å². The van der Waals surface area contributed by atoms with Gasteiger partial charge in [0.15, 0.2) is 5.13 Å². The highest BCUT2D eigenvalue weighted by molar-refractivity contribution is 7.14. The van der Waals surface area contributed by atoms with E-state index in [0.717, 1.165) is 5.56 Å². The van der Waals surface area contributed by atoms with E-state index >= 15 is 0 Å². The molecule has 3 aromatic rings. The number of amides is 2. The largest absolute Gasteiger partial charge is 0.352 e. The lowest BCUT2D eigenvalue weighted by Gasteiger charge is -2.03. The molecule has 0 unspecified atom stereocenters. The molecule has 9 heteroatoms. The van der Waals surface area contributed by atoms with Crippen LogP contribution in [0.1, 0.15) is 21.6 Å². The lowest BCUT2D eigenvalue weighted by molar-refractivity contribution is -0.120. The van der Waals surface area contributed by atoms with E-state index in [1.165, 1.54) is 23.6 Å². The maximum absolute atomic E-state index is 12.1. The summed E-state index contributed by atoms with van der Waals surface area (Å²) < 4.78 is 0. The van der Waals surface area contributed by atoms with E-state index in [1.807, 2.05) is 6.07 Å². The van der Waals surface area contributed by atoms with E-state index in [9.17, 15) is 14.4 Å². The first-order valence-corrected chi connectivity index (χ1v) is 8.59. The van der Waals surface area contributed by atoms with Crippen molar-refractivity contribution >= 4 is 28.3 Å². The standard InChI is InChI=1S/C17H15N5O3S/c23-14(20-9-11-3-1-5-18-8-11)7-12-10-26-17(21-12)22-16(25)13-4-2-6-19-15(13)24/h1-6,8,10H,7,9H2,(H,19,24)(H,20,23)(H,21,22,25). The predicted molar refractivity (Wildman–Crippen MR) is 96.9 cm³/mol. The third-order valence-corrected chi connectivity index (χ3v) is 4.20. The van der Waals surface area contributed by atoms with Crippen LogP contribution in [0, 0.1) is 0 Å². The highest BCUT2D eigenvalue weighted by atomic mass is 32.1. The fourth-order valence-electron chi connectivity index (χ4n) is 2.14. The number of aromatic nitrogens is 3.